The van der Waals surface area contributed by atoms with Crippen LogP contribution in [-0.2, 0) is 14.4 Å². The molecule has 1 N–H and O–H groups in total. The Labute approximate surface area is 181 Å². The predicted octanol–water partition coefficient (Wildman–Crippen LogP) is 4.03. The zero-order chi connectivity index (χ0) is 20.4. The van der Waals surface area contributed by atoms with Crippen LogP contribution >= 0.6 is 39.9 Å². The molecule has 0 spiro atoms. The number of carboxylic acids is 1. The number of benzene rings is 1. The van der Waals surface area contributed by atoms with Gasteiger partial charge in [-0.15, -0.1) is 0 Å². The van der Waals surface area contributed by atoms with E-state index in [0.29, 0.717) is 17.7 Å². The molecule has 1 fully saturated rings. The van der Waals surface area contributed by atoms with Gasteiger partial charge in [0.25, 0.3) is 11.8 Å². The van der Waals surface area contributed by atoms with E-state index < -0.39 is 11.9 Å². The predicted molar refractivity (Wildman–Crippen MR) is 117 cm³/mol. The summed E-state index contributed by atoms with van der Waals surface area (Å²) in [5, 5.41) is 8.90. The first-order valence-electron chi connectivity index (χ1n) is 8.96. The van der Waals surface area contributed by atoms with Gasteiger partial charge in [-0.3, -0.25) is 19.3 Å². The van der Waals surface area contributed by atoms with Crippen molar-refractivity contribution in [3.63, 3.8) is 0 Å². The van der Waals surface area contributed by atoms with Crippen molar-refractivity contribution in [2.24, 2.45) is 0 Å². The molecule has 28 heavy (non-hydrogen) atoms. The number of carboxylic acid groups (broad SMARTS) is 1. The molecule has 3 rings (SSSR count). The van der Waals surface area contributed by atoms with Gasteiger partial charge in [0.15, 0.2) is 0 Å². The highest BCUT2D eigenvalue weighted by molar-refractivity contribution is 9.10. The van der Waals surface area contributed by atoms with E-state index in [1.54, 1.807) is 4.90 Å². The molecule has 0 unspecified atom stereocenters. The van der Waals surface area contributed by atoms with E-state index in [1.807, 2.05) is 18.2 Å². The van der Waals surface area contributed by atoms with Gasteiger partial charge in [0.05, 0.1) is 22.6 Å². The number of rotatable bonds is 7. The molecule has 2 aliphatic rings. The zero-order valence-electron chi connectivity index (χ0n) is 15.2. The zero-order valence-corrected chi connectivity index (χ0v) is 18.5. The van der Waals surface area contributed by atoms with E-state index in [9.17, 15) is 14.4 Å². The second kappa shape index (κ2) is 8.75. The van der Waals surface area contributed by atoms with Crippen LogP contribution in [0.3, 0.4) is 0 Å². The fourth-order valence-electron chi connectivity index (χ4n) is 3.21. The number of thiocarbonyl (C=S) groups is 1. The van der Waals surface area contributed by atoms with Gasteiger partial charge in [-0.2, -0.15) is 0 Å². The van der Waals surface area contributed by atoms with Crippen molar-refractivity contribution in [1.82, 2.24) is 4.90 Å². The Balaban J connectivity index is 2.00. The van der Waals surface area contributed by atoms with Crippen LogP contribution in [0.15, 0.2) is 27.6 Å². The van der Waals surface area contributed by atoms with E-state index in [4.69, 9.17) is 17.3 Å². The molecule has 0 bridgehead atoms. The molecule has 0 aliphatic carbocycles. The molecule has 2 heterocycles. The first-order chi connectivity index (χ1) is 13.3. The van der Waals surface area contributed by atoms with Crippen LogP contribution in [0.2, 0.25) is 0 Å². The summed E-state index contributed by atoms with van der Waals surface area (Å²) in [6.07, 6.45) is 2.74. The maximum absolute atomic E-state index is 13.2. The van der Waals surface area contributed by atoms with E-state index in [1.165, 1.54) is 4.90 Å². The van der Waals surface area contributed by atoms with Gasteiger partial charge in [0.1, 0.15) is 4.32 Å². The third-order valence-electron chi connectivity index (χ3n) is 4.59. The molecule has 148 valence electrons. The summed E-state index contributed by atoms with van der Waals surface area (Å²) < 4.78 is 1.09. The summed E-state index contributed by atoms with van der Waals surface area (Å²) in [5.74, 6) is -1.61. The average molecular weight is 483 g/mol. The summed E-state index contributed by atoms with van der Waals surface area (Å²) in [4.78, 5) is 40.2. The van der Waals surface area contributed by atoms with E-state index >= 15 is 0 Å². The van der Waals surface area contributed by atoms with Gasteiger partial charge in [-0.1, -0.05) is 59.7 Å². The molecule has 1 aromatic rings. The molecular weight excluding hydrogens is 464 g/mol. The minimum atomic E-state index is -1.00. The lowest BCUT2D eigenvalue weighted by Gasteiger charge is -2.16. The maximum atomic E-state index is 13.2. The number of hydrogen-bond acceptors (Lipinski definition) is 5. The van der Waals surface area contributed by atoms with E-state index in [-0.39, 0.29) is 28.1 Å². The topological polar surface area (TPSA) is 77.9 Å². The fraction of sp³-hybridized carbons (Fsp3) is 0.368. The van der Waals surface area contributed by atoms with Crippen LogP contribution in [0.4, 0.5) is 5.69 Å². The van der Waals surface area contributed by atoms with Crippen molar-refractivity contribution < 1.29 is 19.5 Å². The summed E-state index contributed by atoms with van der Waals surface area (Å²) in [6.45, 7) is 2.69. The number of carbonyl (C=O) groups excluding carboxylic acids is 2. The number of carbonyl (C=O) groups is 3. The maximum Gasteiger partial charge on any atom is 0.305 e. The average Bonchev–Trinajstić information content (AvgIpc) is 3.06. The number of fused-ring (bicyclic) bond motifs is 1. The Morgan fingerprint density at radius 2 is 1.93 bits per heavy atom. The second-order valence-corrected chi connectivity index (χ2v) is 9.06. The molecule has 0 aromatic heterocycles. The Hall–Kier alpha value is -1.71. The number of halogens is 1. The van der Waals surface area contributed by atoms with Crippen molar-refractivity contribution in [3.8, 4) is 0 Å². The molecule has 2 aliphatic heterocycles. The van der Waals surface area contributed by atoms with Crippen LogP contribution in [0, 0.1) is 0 Å². The summed E-state index contributed by atoms with van der Waals surface area (Å²) in [7, 11) is 0. The first kappa shape index (κ1) is 21.0. The minimum Gasteiger partial charge on any atom is -0.481 e. The van der Waals surface area contributed by atoms with Crippen LogP contribution < -0.4 is 4.90 Å². The monoisotopic (exact) mass is 482 g/mol. The first-order valence-corrected chi connectivity index (χ1v) is 11.0. The fourth-order valence-corrected chi connectivity index (χ4v) is 4.96. The number of amides is 2. The summed E-state index contributed by atoms with van der Waals surface area (Å²) in [6, 6.07) is 5.59. The molecular formula is C19H19BrN2O4S2. The third kappa shape index (κ3) is 4.01. The van der Waals surface area contributed by atoms with Crippen LogP contribution in [0.25, 0.3) is 5.57 Å². The Bertz CT molecular complexity index is 900. The van der Waals surface area contributed by atoms with Gasteiger partial charge in [-0.05, 0) is 24.6 Å². The van der Waals surface area contributed by atoms with Crippen molar-refractivity contribution in [2.45, 2.75) is 32.6 Å². The molecule has 0 radical (unpaired) electrons. The number of thioether (sulfide) groups is 1. The molecule has 6 nitrogen and oxygen atoms in total. The number of nitrogens with zero attached hydrogens (tertiary/aromatic N) is 2. The quantitative estimate of drug-likeness (QED) is 0.359. The highest BCUT2D eigenvalue weighted by Gasteiger charge is 2.41. The lowest BCUT2D eigenvalue weighted by molar-refractivity contribution is -0.137. The largest absolute Gasteiger partial charge is 0.481 e. The highest BCUT2D eigenvalue weighted by atomic mass is 79.9. The Kier molecular flexibility index (Phi) is 6.57. The van der Waals surface area contributed by atoms with Gasteiger partial charge in [-0.25, -0.2) is 0 Å². The van der Waals surface area contributed by atoms with Crippen molar-refractivity contribution in [3.05, 3.63) is 33.1 Å². The Morgan fingerprint density at radius 3 is 2.61 bits per heavy atom. The SMILES string of the molecule is CCCCCN1C(=O)/C(=C2\SC(=S)N(CCC(=O)O)C2=O)c2cc(Br)ccc21. The van der Waals surface area contributed by atoms with Crippen LogP contribution in [-0.4, -0.2) is 45.2 Å². The standard InChI is InChI=1S/C19H19BrN2O4S2/c1-2-3-4-8-21-13-6-5-11(20)10-12(13)15(17(21)25)16-18(26)22(19(27)28-16)9-7-14(23)24/h5-6,10H,2-4,7-9H2,1H3,(H,23,24)/b16-15-. The molecule has 1 aromatic carbocycles. The van der Waals surface area contributed by atoms with E-state index in [0.717, 1.165) is 41.2 Å². The minimum absolute atomic E-state index is 0.00345. The van der Waals surface area contributed by atoms with Crippen molar-refractivity contribution in [1.29, 1.82) is 0 Å². The van der Waals surface area contributed by atoms with Gasteiger partial charge < -0.3 is 10.0 Å². The molecule has 9 heteroatoms. The second-order valence-electron chi connectivity index (χ2n) is 6.50. The van der Waals surface area contributed by atoms with Crippen molar-refractivity contribution in [2.75, 3.05) is 18.0 Å². The number of aliphatic carboxylic acids is 1. The number of unbranched alkanes of at least 4 members (excludes halogenated alkanes) is 2. The van der Waals surface area contributed by atoms with Crippen LogP contribution in [0.5, 0.6) is 0 Å². The molecule has 0 saturated carbocycles. The molecule has 1 saturated heterocycles. The lowest BCUT2D eigenvalue weighted by Crippen LogP contribution is -2.31. The van der Waals surface area contributed by atoms with Gasteiger partial charge in [0.2, 0.25) is 0 Å². The van der Waals surface area contributed by atoms with Crippen LogP contribution in [0.1, 0.15) is 38.2 Å². The van der Waals surface area contributed by atoms with Gasteiger partial charge >= 0.3 is 5.97 Å². The van der Waals surface area contributed by atoms with E-state index in [2.05, 4.69) is 22.9 Å². The molecule has 2 amide bonds. The smallest absolute Gasteiger partial charge is 0.305 e. The summed E-state index contributed by atoms with van der Waals surface area (Å²) in [5.41, 5.74) is 1.84. The van der Waals surface area contributed by atoms with Gasteiger partial charge in [0, 0.05) is 23.1 Å². The third-order valence-corrected chi connectivity index (χ3v) is 6.53. The number of hydrogen-bond donors (Lipinski definition) is 1. The molecule has 0 atom stereocenters. The number of anilines is 1. The normalized spacial score (nSPS) is 19.0. The highest BCUT2D eigenvalue weighted by Crippen LogP contribution is 2.45. The Morgan fingerprint density at radius 1 is 1.18 bits per heavy atom. The lowest BCUT2D eigenvalue weighted by atomic mass is 10.1. The summed E-state index contributed by atoms with van der Waals surface area (Å²) >= 11 is 9.77. The van der Waals surface area contributed by atoms with Crippen molar-refractivity contribution >= 4 is 73.3 Å².